The van der Waals surface area contributed by atoms with E-state index in [1.165, 1.54) is 36.1 Å². The van der Waals surface area contributed by atoms with Crippen molar-refractivity contribution in [2.24, 2.45) is 11.1 Å². The molecule has 53 heavy (non-hydrogen) atoms. The number of carbonyl (C=O) groups is 5. The lowest BCUT2D eigenvalue weighted by Crippen LogP contribution is -2.60. The van der Waals surface area contributed by atoms with Gasteiger partial charge in [0.15, 0.2) is 0 Å². The van der Waals surface area contributed by atoms with E-state index in [0.29, 0.717) is 51.4 Å². The zero-order valence-electron chi connectivity index (χ0n) is 32.0. The molecule has 1 aliphatic heterocycles. The number of hydrogen-bond donors (Lipinski definition) is 4. The first-order valence-corrected chi connectivity index (χ1v) is 17.7. The van der Waals surface area contributed by atoms with Crippen molar-refractivity contribution in [1.82, 2.24) is 20.9 Å². The zero-order valence-corrected chi connectivity index (χ0v) is 32.8. The first kappa shape index (κ1) is 47.5. The Morgan fingerprint density at radius 2 is 1.43 bits per heavy atom. The van der Waals surface area contributed by atoms with Crippen LogP contribution in [0.4, 0.5) is 9.18 Å². The van der Waals surface area contributed by atoms with E-state index in [-0.39, 0.29) is 45.2 Å². The highest BCUT2D eigenvalue weighted by Gasteiger charge is 2.43. The number of hydrogen-bond acceptors (Lipinski definition) is 11. The number of likely N-dealkylation sites (tertiary alicyclic amines) is 1. The van der Waals surface area contributed by atoms with Crippen LogP contribution in [0.1, 0.15) is 66.9 Å². The van der Waals surface area contributed by atoms with Crippen LogP contribution in [0.15, 0.2) is 24.3 Å². The summed E-state index contributed by atoms with van der Waals surface area (Å²) in [6, 6.07) is 1.37. The maximum absolute atomic E-state index is 14.0. The second kappa shape index (κ2) is 23.3. The van der Waals surface area contributed by atoms with Crippen LogP contribution in [0.5, 0.6) is 0 Å². The molecule has 15 nitrogen and oxygen atoms in total. The molecule has 302 valence electrons. The molecule has 0 aromatic heterocycles. The molecule has 1 saturated heterocycles. The summed E-state index contributed by atoms with van der Waals surface area (Å²) in [5, 5.41) is 7.96. The summed E-state index contributed by atoms with van der Waals surface area (Å²) in [5.41, 5.74) is 4.40. The molecule has 5 N–H and O–H groups in total. The van der Waals surface area contributed by atoms with Crippen molar-refractivity contribution in [3.8, 4) is 0 Å². The number of amides is 4. The third-order valence-electron chi connectivity index (χ3n) is 7.80. The van der Waals surface area contributed by atoms with E-state index in [2.05, 4.69) is 16.0 Å². The highest BCUT2D eigenvalue weighted by Crippen LogP contribution is 2.26. The smallest absolute Gasteiger partial charge is 0.408 e. The number of nitrogens with two attached hydrogens (primary N) is 1. The Bertz CT molecular complexity index is 1310. The Morgan fingerprint density at radius 1 is 0.868 bits per heavy atom. The predicted octanol–water partition coefficient (Wildman–Crippen LogP) is 2.26. The van der Waals surface area contributed by atoms with Gasteiger partial charge in [0, 0.05) is 19.5 Å². The molecule has 0 aliphatic carbocycles. The third kappa shape index (κ3) is 17.9. The van der Waals surface area contributed by atoms with Gasteiger partial charge < -0.3 is 50.3 Å². The van der Waals surface area contributed by atoms with Crippen molar-refractivity contribution in [2.75, 3.05) is 59.3 Å². The molecule has 0 saturated carbocycles. The number of alkyl carbamates (subject to hydrolysis) is 1. The summed E-state index contributed by atoms with van der Waals surface area (Å²) in [4.78, 5) is 67.8. The van der Waals surface area contributed by atoms with Crippen LogP contribution in [-0.4, -0.2) is 124 Å². The highest BCUT2D eigenvalue weighted by atomic mass is 35.5. The quantitative estimate of drug-likeness (QED) is 0.112. The van der Waals surface area contributed by atoms with Gasteiger partial charge in [0.25, 0.3) is 0 Å². The molecule has 2 rings (SSSR count). The standard InChI is InChI=1S/C36H58FN5O10.ClH/c1-24(39-34(47)52-36(5,6)7)30(43)41-29(35(2,3)4)32(45)42-15-8-9-28(42)31(44)40-27(23-25-10-12-26(37)13-11-25)33(46)51-22-21-50-20-19-49-18-17-48-16-14-38;/h10-13,24,27-29H,8-9,14-23,38H2,1-7H3,(H,39,47)(H,40,44)(H,41,43);1H/t24-,27-,28-,29+;/m0./s1. The fourth-order valence-corrected chi connectivity index (χ4v) is 5.18. The lowest BCUT2D eigenvalue weighted by atomic mass is 9.85. The van der Waals surface area contributed by atoms with Crippen molar-refractivity contribution in [3.63, 3.8) is 0 Å². The molecule has 1 aliphatic rings. The molecule has 0 spiro atoms. The van der Waals surface area contributed by atoms with Gasteiger partial charge in [-0.2, -0.15) is 0 Å². The van der Waals surface area contributed by atoms with Crippen LogP contribution in [0, 0.1) is 11.2 Å². The molecular weight excluding hydrogens is 717 g/mol. The minimum Gasteiger partial charge on any atom is -0.462 e. The first-order chi connectivity index (χ1) is 24.4. The van der Waals surface area contributed by atoms with Crippen LogP contribution in [0.3, 0.4) is 0 Å². The van der Waals surface area contributed by atoms with E-state index < -0.39 is 70.8 Å². The van der Waals surface area contributed by atoms with Gasteiger partial charge in [0.2, 0.25) is 17.7 Å². The summed E-state index contributed by atoms with van der Waals surface area (Å²) >= 11 is 0. The number of carbonyl (C=O) groups excluding carboxylic acids is 5. The van der Waals surface area contributed by atoms with Gasteiger partial charge in [0.05, 0.1) is 39.6 Å². The summed E-state index contributed by atoms with van der Waals surface area (Å²) in [6.07, 6.45) is 0.0689. The molecule has 17 heteroatoms. The number of nitrogens with one attached hydrogen (secondary N) is 3. The lowest BCUT2D eigenvalue weighted by Gasteiger charge is -2.36. The molecule has 4 atom stereocenters. The van der Waals surface area contributed by atoms with Gasteiger partial charge in [-0.25, -0.2) is 14.0 Å². The maximum Gasteiger partial charge on any atom is 0.408 e. The van der Waals surface area contributed by atoms with Crippen molar-refractivity contribution in [1.29, 1.82) is 0 Å². The van der Waals surface area contributed by atoms with Crippen molar-refractivity contribution in [2.45, 2.75) is 97.5 Å². The molecular formula is C36H59ClFN5O10. The summed E-state index contributed by atoms with van der Waals surface area (Å²) in [7, 11) is 0. The van der Waals surface area contributed by atoms with Crippen LogP contribution in [0.2, 0.25) is 0 Å². The summed E-state index contributed by atoms with van der Waals surface area (Å²) in [5.74, 6) is -2.84. The number of ether oxygens (including phenoxy) is 5. The Hall–Kier alpha value is -3.57. The molecule has 0 radical (unpaired) electrons. The van der Waals surface area contributed by atoms with E-state index in [1.54, 1.807) is 41.5 Å². The van der Waals surface area contributed by atoms with Gasteiger partial charge >= 0.3 is 12.1 Å². The molecule has 1 aromatic rings. The Kier molecular flexibility index (Phi) is 20.8. The van der Waals surface area contributed by atoms with Gasteiger partial charge in [-0.3, -0.25) is 14.4 Å². The Labute approximate surface area is 318 Å². The van der Waals surface area contributed by atoms with Gasteiger partial charge in [0.1, 0.15) is 42.2 Å². The fraction of sp³-hybridized carbons (Fsp3) is 0.694. The number of nitrogens with zero attached hydrogens (tertiary/aromatic N) is 1. The number of benzene rings is 1. The highest BCUT2D eigenvalue weighted by molar-refractivity contribution is 5.95. The van der Waals surface area contributed by atoms with Crippen LogP contribution >= 0.6 is 12.4 Å². The largest absolute Gasteiger partial charge is 0.462 e. The average molecular weight is 776 g/mol. The van der Waals surface area contributed by atoms with Gasteiger partial charge in [-0.05, 0) is 63.6 Å². The molecule has 0 bridgehead atoms. The second-order valence-corrected chi connectivity index (χ2v) is 14.6. The molecule has 1 fully saturated rings. The van der Waals surface area contributed by atoms with E-state index >= 15 is 0 Å². The number of rotatable bonds is 20. The van der Waals surface area contributed by atoms with Crippen LogP contribution in [0.25, 0.3) is 0 Å². The normalized spacial score (nSPS) is 16.1. The lowest BCUT2D eigenvalue weighted by molar-refractivity contribution is -0.150. The van der Waals surface area contributed by atoms with Crippen LogP contribution < -0.4 is 21.7 Å². The average Bonchev–Trinajstić information content (AvgIpc) is 3.55. The Balaban J connectivity index is 0.0000140. The van der Waals surface area contributed by atoms with Gasteiger partial charge in [-0.1, -0.05) is 32.9 Å². The fourth-order valence-electron chi connectivity index (χ4n) is 5.18. The molecule has 1 aromatic carbocycles. The van der Waals surface area contributed by atoms with E-state index in [1.807, 2.05) is 0 Å². The Morgan fingerprint density at radius 3 is 1.98 bits per heavy atom. The predicted molar refractivity (Wildman–Crippen MR) is 197 cm³/mol. The maximum atomic E-state index is 14.0. The number of esters is 1. The van der Waals surface area contributed by atoms with Crippen LogP contribution in [-0.2, 0) is 49.3 Å². The van der Waals surface area contributed by atoms with Gasteiger partial charge in [-0.15, -0.1) is 12.4 Å². The van der Waals surface area contributed by atoms with E-state index in [0.717, 1.165) is 0 Å². The summed E-state index contributed by atoms with van der Waals surface area (Å²) < 4.78 is 40.3. The monoisotopic (exact) mass is 775 g/mol. The van der Waals surface area contributed by atoms with Crippen molar-refractivity contribution in [3.05, 3.63) is 35.6 Å². The minimum absolute atomic E-state index is 0. The second-order valence-electron chi connectivity index (χ2n) is 14.6. The van der Waals surface area contributed by atoms with E-state index in [9.17, 15) is 28.4 Å². The van der Waals surface area contributed by atoms with Crippen molar-refractivity contribution < 1.29 is 52.0 Å². The minimum atomic E-state index is -1.15. The molecule has 4 amide bonds. The van der Waals surface area contributed by atoms with Crippen molar-refractivity contribution >= 4 is 42.2 Å². The SMILES string of the molecule is C[C@H](NC(=O)OC(C)(C)C)C(=O)N[C@H](C(=O)N1CCC[C@H]1C(=O)N[C@@H](Cc1ccc(F)cc1)C(=O)OCCOCCOCCOCCN)C(C)(C)C.Cl. The zero-order chi connectivity index (χ0) is 38.9. The topological polar surface area (TPSA) is 197 Å². The third-order valence-corrected chi connectivity index (χ3v) is 7.80. The van der Waals surface area contributed by atoms with E-state index in [4.69, 9.17) is 29.4 Å². The number of halogens is 2. The molecule has 0 unspecified atom stereocenters. The molecule has 1 heterocycles. The summed E-state index contributed by atoms with van der Waals surface area (Å²) in [6.45, 7) is 14.4. The first-order valence-electron chi connectivity index (χ1n) is 17.7.